The number of amides is 2. The highest BCUT2D eigenvalue weighted by Gasteiger charge is 2.27. The fraction of sp³-hybridized carbons (Fsp3) is 0.150. The van der Waals surface area contributed by atoms with Crippen LogP contribution in [0.3, 0.4) is 0 Å². The molecule has 3 N–H and O–H groups in total. The third kappa shape index (κ3) is 3.66. The lowest BCUT2D eigenvalue weighted by atomic mass is 10.1. The molecule has 1 atom stereocenters. The second-order valence-corrected chi connectivity index (χ2v) is 6.34. The number of hydrogen-bond acceptors (Lipinski definition) is 5. The highest BCUT2D eigenvalue weighted by Crippen LogP contribution is 2.30. The maximum absolute atomic E-state index is 12.3. The molecule has 28 heavy (non-hydrogen) atoms. The second kappa shape index (κ2) is 7.43. The van der Waals surface area contributed by atoms with Crippen LogP contribution >= 0.6 is 0 Å². The van der Waals surface area contributed by atoms with Gasteiger partial charge in [0.25, 0.3) is 11.8 Å². The van der Waals surface area contributed by atoms with E-state index >= 15 is 0 Å². The highest BCUT2D eigenvalue weighted by molar-refractivity contribution is 5.95. The molecule has 8 heteroatoms. The molecule has 1 aliphatic rings. The van der Waals surface area contributed by atoms with E-state index in [1.54, 1.807) is 24.3 Å². The number of para-hydroxylation sites is 2. The quantitative estimate of drug-likeness (QED) is 0.605. The first-order chi connectivity index (χ1) is 13.6. The Balaban J connectivity index is 1.34. The standard InChI is InChI=1S/C20H18N4O4/c1-12-6-8-13(9-7-12)14-10-15(22-21-14)19(25)23-24-20(26)18-11-27-16-4-2-3-5-17(16)28-18/h2-10,18H,11H2,1H3,(H,21,22)(H,23,25)(H,24,26)/t18-/m0/s1. The fourth-order valence-electron chi connectivity index (χ4n) is 2.73. The summed E-state index contributed by atoms with van der Waals surface area (Å²) in [7, 11) is 0. The normalized spacial score (nSPS) is 15.0. The third-order valence-electron chi connectivity index (χ3n) is 4.27. The van der Waals surface area contributed by atoms with Gasteiger partial charge in [0.15, 0.2) is 11.5 Å². The van der Waals surface area contributed by atoms with Crippen molar-refractivity contribution in [3.63, 3.8) is 0 Å². The van der Waals surface area contributed by atoms with E-state index in [-0.39, 0.29) is 12.3 Å². The van der Waals surface area contributed by atoms with Crippen molar-refractivity contribution >= 4 is 11.8 Å². The van der Waals surface area contributed by atoms with Gasteiger partial charge in [-0.2, -0.15) is 5.10 Å². The predicted octanol–water partition coefficient (Wildman–Crippen LogP) is 1.99. The van der Waals surface area contributed by atoms with Crippen molar-refractivity contribution in [1.29, 1.82) is 0 Å². The van der Waals surface area contributed by atoms with Gasteiger partial charge in [-0.25, -0.2) is 0 Å². The summed E-state index contributed by atoms with van der Waals surface area (Å²) in [5.74, 6) is 0.0330. The van der Waals surface area contributed by atoms with Crippen molar-refractivity contribution in [2.75, 3.05) is 6.61 Å². The van der Waals surface area contributed by atoms with E-state index in [9.17, 15) is 9.59 Å². The molecular formula is C20H18N4O4. The van der Waals surface area contributed by atoms with Crippen LogP contribution in [-0.2, 0) is 4.79 Å². The largest absolute Gasteiger partial charge is 0.485 e. The molecule has 1 aliphatic heterocycles. The molecule has 8 nitrogen and oxygen atoms in total. The van der Waals surface area contributed by atoms with Gasteiger partial charge in [0.05, 0.1) is 5.69 Å². The smallest absolute Gasteiger partial charge is 0.287 e. The van der Waals surface area contributed by atoms with Gasteiger partial charge in [-0.05, 0) is 25.1 Å². The number of rotatable bonds is 3. The van der Waals surface area contributed by atoms with Gasteiger partial charge in [-0.1, -0.05) is 42.0 Å². The van der Waals surface area contributed by atoms with E-state index < -0.39 is 17.9 Å². The van der Waals surface area contributed by atoms with Crippen molar-refractivity contribution in [3.8, 4) is 22.8 Å². The predicted molar refractivity (Wildman–Crippen MR) is 101 cm³/mol. The molecule has 0 fully saturated rings. The minimum Gasteiger partial charge on any atom is -0.485 e. The zero-order valence-corrected chi connectivity index (χ0v) is 15.1. The van der Waals surface area contributed by atoms with Crippen LogP contribution in [-0.4, -0.2) is 34.7 Å². The number of ether oxygens (including phenoxy) is 2. The van der Waals surface area contributed by atoms with Gasteiger partial charge >= 0.3 is 0 Å². The number of carbonyl (C=O) groups is 2. The lowest BCUT2D eigenvalue weighted by molar-refractivity contribution is -0.131. The van der Waals surface area contributed by atoms with Gasteiger partial charge in [0.2, 0.25) is 6.10 Å². The second-order valence-electron chi connectivity index (χ2n) is 6.34. The summed E-state index contributed by atoms with van der Waals surface area (Å²) in [6.07, 6.45) is -0.861. The summed E-state index contributed by atoms with van der Waals surface area (Å²) in [6, 6.07) is 16.5. The number of nitrogens with zero attached hydrogens (tertiary/aromatic N) is 1. The van der Waals surface area contributed by atoms with Crippen molar-refractivity contribution in [2.24, 2.45) is 0 Å². The first-order valence-corrected chi connectivity index (χ1v) is 8.71. The Labute approximate surface area is 160 Å². The first-order valence-electron chi connectivity index (χ1n) is 8.71. The molecule has 0 radical (unpaired) electrons. The molecule has 0 saturated carbocycles. The SMILES string of the molecule is Cc1ccc(-c2cc(C(=O)NNC(=O)[C@@H]3COc4ccccc4O3)[nH]n2)cc1. The summed E-state index contributed by atoms with van der Waals surface area (Å²) < 4.78 is 11.1. The van der Waals surface area contributed by atoms with Gasteiger partial charge in [-0.15, -0.1) is 0 Å². The van der Waals surface area contributed by atoms with E-state index in [0.717, 1.165) is 11.1 Å². The minimum atomic E-state index is -0.861. The zero-order chi connectivity index (χ0) is 19.5. The van der Waals surface area contributed by atoms with Crippen LogP contribution in [0.5, 0.6) is 11.5 Å². The number of carbonyl (C=O) groups excluding carboxylic acids is 2. The van der Waals surface area contributed by atoms with Crippen LogP contribution in [0.4, 0.5) is 0 Å². The van der Waals surface area contributed by atoms with Crippen molar-refractivity contribution in [2.45, 2.75) is 13.0 Å². The van der Waals surface area contributed by atoms with E-state index in [0.29, 0.717) is 17.2 Å². The number of aromatic amines is 1. The number of H-pyrrole nitrogens is 1. The van der Waals surface area contributed by atoms with Crippen LogP contribution in [0.2, 0.25) is 0 Å². The Morgan fingerprint density at radius 3 is 2.61 bits per heavy atom. The molecule has 2 amide bonds. The topological polar surface area (TPSA) is 105 Å². The summed E-state index contributed by atoms with van der Waals surface area (Å²) in [4.78, 5) is 24.5. The van der Waals surface area contributed by atoms with Crippen molar-refractivity contribution < 1.29 is 19.1 Å². The van der Waals surface area contributed by atoms with Crippen molar-refractivity contribution in [3.05, 3.63) is 65.9 Å². The maximum Gasteiger partial charge on any atom is 0.287 e. The number of benzene rings is 2. The molecule has 0 unspecified atom stereocenters. The van der Waals surface area contributed by atoms with Crippen LogP contribution in [0.15, 0.2) is 54.6 Å². The summed E-state index contributed by atoms with van der Waals surface area (Å²) >= 11 is 0. The minimum absolute atomic E-state index is 0.0559. The molecule has 3 aromatic rings. The Bertz CT molecular complexity index is 1010. The molecule has 0 saturated heterocycles. The lowest BCUT2D eigenvalue weighted by Crippen LogP contribution is -2.50. The van der Waals surface area contributed by atoms with E-state index in [1.165, 1.54) is 0 Å². The lowest BCUT2D eigenvalue weighted by Gasteiger charge is -2.25. The van der Waals surface area contributed by atoms with Crippen LogP contribution < -0.4 is 20.3 Å². The molecule has 0 aliphatic carbocycles. The Hall–Kier alpha value is -3.81. The zero-order valence-electron chi connectivity index (χ0n) is 15.1. The third-order valence-corrected chi connectivity index (χ3v) is 4.27. The molecule has 1 aromatic heterocycles. The number of fused-ring (bicyclic) bond motifs is 1. The average Bonchev–Trinajstić information content (AvgIpc) is 3.22. The van der Waals surface area contributed by atoms with E-state index in [1.807, 2.05) is 37.3 Å². The van der Waals surface area contributed by atoms with Gasteiger partial charge in [-0.3, -0.25) is 25.5 Å². The molecule has 0 spiro atoms. The molecule has 2 aromatic carbocycles. The van der Waals surface area contributed by atoms with Crippen LogP contribution in [0.25, 0.3) is 11.3 Å². The average molecular weight is 378 g/mol. The fourth-order valence-corrected chi connectivity index (χ4v) is 2.73. The van der Waals surface area contributed by atoms with Gasteiger partial charge in [0.1, 0.15) is 12.3 Å². The van der Waals surface area contributed by atoms with E-state index in [2.05, 4.69) is 21.0 Å². The van der Waals surface area contributed by atoms with Crippen molar-refractivity contribution in [1.82, 2.24) is 21.0 Å². The van der Waals surface area contributed by atoms with Gasteiger partial charge < -0.3 is 9.47 Å². The summed E-state index contributed by atoms with van der Waals surface area (Å²) in [5.41, 5.74) is 7.58. The number of aromatic nitrogens is 2. The molecule has 142 valence electrons. The summed E-state index contributed by atoms with van der Waals surface area (Å²) in [5, 5.41) is 6.80. The molecule has 4 rings (SSSR count). The first kappa shape index (κ1) is 17.6. The molecule has 2 heterocycles. The summed E-state index contributed by atoms with van der Waals surface area (Å²) in [6.45, 7) is 2.05. The number of hydrazine groups is 1. The Morgan fingerprint density at radius 1 is 1.07 bits per heavy atom. The van der Waals surface area contributed by atoms with Gasteiger partial charge in [0, 0.05) is 5.56 Å². The number of aryl methyl sites for hydroxylation is 1. The monoisotopic (exact) mass is 378 g/mol. The van der Waals surface area contributed by atoms with Crippen LogP contribution in [0, 0.1) is 6.92 Å². The molecule has 0 bridgehead atoms. The number of hydrogen-bond donors (Lipinski definition) is 3. The van der Waals surface area contributed by atoms with E-state index in [4.69, 9.17) is 9.47 Å². The highest BCUT2D eigenvalue weighted by atomic mass is 16.6. The molecular weight excluding hydrogens is 360 g/mol. The Morgan fingerprint density at radius 2 is 1.82 bits per heavy atom. The maximum atomic E-state index is 12.3. The number of nitrogens with one attached hydrogen (secondary N) is 3. The van der Waals surface area contributed by atoms with Crippen LogP contribution in [0.1, 0.15) is 16.1 Å². The Kier molecular flexibility index (Phi) is 4.67.